The van der Waals surface area contributed by atoms with Gasteiger partial charge in [0.15, 0.2) is 0 Å². The Hall–Kier alpha value is -1.02. The minimum Gasteiger partial charge on any atom is -0.506 e. The van der Waals surface area contributed by atoms with Crippen molar-refractivity contribution in [1.82, 2.24) is 0 Å². The highest BCUT2D eigenvalue weighted by Crippen LogP contribution is 2.40. The first kappa shape index (κ1) is 12.4. The van der Waals surface area contributed by atoms with E-state index in [0.29, 0.717) is 11.4 Å². The number of phenols is 1. The summed E-state index contributed by atoms with van der Waals surface area (Å²) in [6.45, 7) is 1.94. The predicted molar refractivity (Wildman–Crippen MR) is 68.9 cm³/mol. The summed E-state index contributed by atoms with van der Waals surface area (Å²) in [6, 6.07) is 2.03. The first-order chi connectivity index (χ1) is 8.15. The molecule has 1 aliphatic rings. The van der Waals surface area contributed by atoms with Crippen LogP contribution in [0.2, 0.25) is 5.02 Å². The van der Waals surface area contributed by atoms with Gasteiger partial charge in [-0.15, -0.1) is 0 Å². The van der Waals surface area contributed by atoms with Crippen LogP contribution in [0.4, 0.5) is 0 Å². The molecule has 2 rings (SSSR count). The van der Waals surface area contributed by atoms with Crippen LogP contribution in [-0.4, -0.2) is 11.4 Å². The third kappa shape index (κ3) is 2.32. The van der Waals surface area contributed by atoms with Crippen molar-refractivity contribution in [2.75, 3.05) is 0 Å². The molecule has 0 aromatic heterocycles. The summed E-state index contributed by atoms with van der Waals surface area (Å²) in [5, 5.41) is 10.6. The lowest BCUT2D eigenvalue weighted by atomic mass is 9.86. The van der Waals surface area contributed by atoms with Crippen LogP contribution in [0.5, 0.6) is 5.75 Å². The van der Waals surface area contributed by atoms with E-state index in [9.17, 15) is 9.90 Å². The van der Waals surface area contributed by atoms with Crippen LogP contribution in [0.25, 0.3) is 0 Å². The fourth-order valence-corrected chi connectivity index (χ4v) is 2.84. The minimum atomic E-state index is 0.0252. The van der Waals surface area contributed by atoms with Gasteiger partial charge in [0, 0.05) is 6.42 Å². The molecule has 0 bridgehead atoms. The summed E-state index contributed by atoms with van der Waals surface area (Å²) in [5.74, 6) is 0.193. The number of aromatic hydroxyl groups is 1. The Morgan fingerprint density at radius 1 is 1.47 bits per heavy atom. The van der Waals surface area contributed by atoms with Crippen molar-refractivity contribution in [3.05, 3.63) is 27.8 Å². The maximum atomic E-state index is 10.6. The Kier molecular flexibility index (Phi) is 3.72. The van der Waals surface area contributed by atoms with Gasteiger partial charge in [0.05, 0.1) is 5.02 Å². The average molecular weight is 253 g/mol. The summed E-state index contributed by atoms with van der Waals surface area (Å²) in [6.07, 6.45) is 5.59. The number of fused-ring (bicyclic) bond motifs is 1. The van der Waals surface area contributed by atoms with E-state index < -0.39 is 0 Å². The van der Waals surface area contributed by atoms with E-state index in [1.807, 2.05) is 13.0 Å². The molecule has 92 valence electrons. The maximum absolute atomic E-state index is 10.6. The molecule has 1 aromatic carbocycles. The second kappa shape index (κ2) is 5.09. The summed E-state index contributed by atoms with van der Waals surface area (Å²) >= 11 is 6.22. The monoisotopic (exact) mass is 252 g/mol. The molecule has 0 spiro atoms. The SMILES string of the molecule is CC(CC=O)c1cc2c(c(Cl)c1O)CCCC2. The van der Waals surface area contributed by atoms with Crippen molar-refractivity contribution in [3.8, 4) is 5.75 Å². The first-order valence-corrected chi connectivity index (χ1v) is 6.49. The third-order valence-corrected chi connectivity index (χ3v) is 3.97. The van der Waals surface area contributed by atoms with Crippen LogP contribution in [0.15, 0.2) is 6.07 Å². The molecule has 0 amide bonds. The van der Waals surface area contributed by atoms with Crippen LogP contribution < -0.4 is 0 Å². The van der Waals surface area contributed by atoms with Gasteiger partial charge in [-0.3, -0.25) is 0 Å². The van der Waals surface area contributed by atoms with Gasteiger partial charge in [-0.1, -0.05) is 24.6 Å². The Bertz CT molecular complexity index is 440. The summed E-state index contributed by atoms with van der Waals surface area (Å²) in [7, 11) is 0. The molecular weight excluding hydrogens is 236 g/mol. The number of hydrogen-bond donors (Lipinski definition) is 1. The highest BCUT2D eigenvalue weighted by molar-refractivity contribution is 6.33. The van der Waals surface area contributed by atoms with Crippen LogP contribution >= 0.6 is 11.6 Å². The molecule has 1 aromatic rings. The molecule has 0 heterocycles. The van der Waals surface area contributed by atoms with Gasteiger partial charge in [-0.2, -0.15) is 0 Å². The Balaban J connectivity index is 2.47. The van der Waals surface area contributed by atoms with E-state index in [1.54, 1.807) is 0 Å². The molecule has 0 aliphatic heterocycles. The lowest BCUT2D eigenvalue weighted by Crippen LogP contribution is -2.06. The molecule has 1 atom stereocenters. The molecule has 0 fully saturated rings. The number of carbonyl (C=O) groups is 1. The molecule has 1 aliphatic carbocycles. The van der Waals surface area contributed by atoms with E-state index >= 15 is 0 Å². The molecular formula is C14H17ClO2. The summed E-state index contributed by atoms with van der Waals surface area (Å²) in [5.41, 5.74) is 3.15. The highest BCUT2D eigenvalue weighted by atomic mass is 35.5. The lowest BCUT2D eigenvalue weighted by molar-refractivity contribution is -0.108. The number of phenolic OH excluding ortho intramolecular Hbond substituents is 1. The van der Waals surface area contributed by atoms with Crippen molar-refractivity contribution >= 4 is 17.9 Å². The highest BCUT2D eigenvalue weighted by Gasteiger charge is 2.21. The van der Waals surface area contributed by atoms with Crippen molar-refractivity contribution in [2.24, 2.45) is 0 Å². The smallest absolute Gasteiger partial charge is 0.137 e. The van der Waals surface area contributed by atoms with E-state index in [0.717, 1.165) is 36.7 Å². The van der Waals surface area contributed by atoms with Gasteiger partial charge in [0.2, 0.25) is 0 Å². The molecule has 3 heteroatoms. The molecule has 0 saturated heterocycles. The number of carbonyl (C=O) groups excluding carboxylic acids is 1. The van der Waals surface area contributed by atoms with E-state index in [4.69, 9.17) is 11.6 Å². The van der Waals surface area contributed by atoms with Gasteiger partial charge in [-0.05, 0) is 48.3 Å². The molecule has 0 radical (unpaired) electrons. The van der Waals surface area contributed by atoms with Crippen molar-refractivity contribution in [3.63, 3.8) is 0 Å². The number of aldehydes is 1. The van der Waals surface area contributed by atoms with Gasteiger partial charge < -0.3 is 9.90 Å². The molecule has 17 heavy (non-hydrogen) atoms. The van der Waals surface area contributed by atoms with Crippen LogP contribution in [0.1, 0.15) is 48.8 Å². The second-order valence-corrected chi connectivity index (χ2v) is 5.15. The van der Waals surface area contributed by atoms with Gasteiger partial charge in [-0.25, -0.2) is 0 Å². The molecule has 2 nitrogen and oxygen atoms in total. The first-order valence-electron chi connectivity index (χ1n) is 6.12. The zero-order valence-electron chi connectivity index (χ0n) is 10.0. The van der Waals surface area contributed by atoms with Gasteiger partial charge in [0.1, 0.15) is 12.0 Å². The second-order valence-electron chi connectivity index (χ2n) is 4.78. The zero-order chi connectivity index (χ0) is 12.4. The fraction of sp³-hybridized carbons (Fsp3) is 0.500. The number of aryl methyl sites for hydroxylation is 1. The van der Waals surface area contributed by atoms with Crippen molar-refractivity contribution in [1.29, 1.82) is 0 Å². The molecule has 1 N–H and O–H groups in total. The Morgan fingerprint density at radius 2 is 2.18 bits per heavy atom. The van der Waals surface area contributed by atoms with Crippen LogP contribution in [-0.2, 0) is 17.6 Å². The Labute approximate surface area is 107 Å². The molecule has 0 saturated carbocycles. The van der Waals surface area contributed by atoms with Crippen molar-refractivity contribution < 1.29 is 9.90 Å². The predicted octanol–water partition coefficient (Wildman–Crippen LogP) is 3.62. The maximum Gasteiger partial charge on any atom is 0.137 e. The fourth-order valence-electron chi connectivity index (χ4n) is 2.51. The van der Waals surface area contributed by atoms with Crippen LogP contribution in [0, 0.1) is 0 Å². The van der Waals surface area contributed by atoms with Gasteiger partial charge >= 0.3 is 0 Å². The summed E-state index contributed by atoms with van der Waals surface area (Å²) < 4.78 is 0. The number of hydrogen-bond acceptors (Lipinski definition) is 2. The Morgan fingerprint density at radius 3 is 2.88 bits per heavy atom. The number of rotatable bonds is 3. The standard InChI is InChI=1S/C14H17ClO2/c1-9(6-7-16)12-8-10-4-2-3-5-11(10)13(15)14(12)17/h7-9,17H,2-6H2,1H3. The van der Waals surface area contributed by atoms with Crippen LogP contribution in [0.3, 0.4) is 0 Å². The summed E-state index contributed by atoms with van der Waals surface area (Å²) in [4.78, 5) is 10.6. The van der Waals surface area contributed by atoms with E-state index in [1.165, 1.54) is 12.0 Å². The van der Waals surface area contributed by atoms with Crippen molar-refractivity contribution in [2.45, 2.75) is 44.9 Å². The van der Waals surface area contributed by atoms with Gasteiger partial charge in [0.25, 0.3) is 0 Å². The van der Waals surface area contributed by atoms with E-state index in [-0.39, 0.29) is 11.7 Å². The third-order valence-electron chi connectivity index (χ3n) is 3.57. The quantitative estimate of drug-likeness (QED) is 0.835. The average Bonchev–Trinajstić information content (AvgIpc) is 2.34. The molecule has 1 unspecified atom stereocenters. The topological polar surface area (TPSA) is 37.3 Å². The zero-order valence-corrected chi connectivity index (χ0v) is 10.8. The lowest BCUT2D eigenvalue weighted by Gasteiger charge is -2.21. The minimum absolute atomic E-state index is 0.0252. The van der Waals surface area contributed by atoms with E-state index in [2.05, 4.69) is 0 Å². The number of halogens is 1. The normalized spacial score (nSPS) is 16.4. The number of benzene rings is 1. The largest absolute Gasteiger partial charge is 0.506 e.